The fourth-order valence-corrected chi connectivity index (χ4v) is 0.273. The fourth-order valence-electron chi connectivity index (χ4n) is 0.273. The molecule has 1 N–H and O–H groups in total. The minimum Gasteiger partial charge on any atom is -0.271 e. The standard InChI is InChI=1S/C4H5NO/c1-2-4-6-5-3-1/h2-3,5H,4H2. The van der Waals surface area contributed by atoms with Crippen molar-refractivity contribution in [2.45, 2.75) is 0 Å². The maximum absolute atomic E-state index is 4.65. The Bertz CT molecular complexity index is 83.7. The van der Waals surface area contributed by atoms with Crippen LogP contribution in [-0.4, -0.2) is 6.61 Å². The van der Waals surface area contributed by atoms with Crippen LogP contribution < -0.4 is 5.48 Å². The van der Waals surface area contributed by atoms with Crippen LogP contribution >= 0.6 is 0 Å². The zero-order valence-electron chi connectivity index (χ0n) is 3.27. The van der Waals surface area contributed by atoms with Crippen molar-refractivity contribution in [3.63, 3.8) is 0 Å². The first-order valence-electron chi connectivity index (χ1n) is 1.77. The molecule has 0 radical (unpaired) electrons. The molecule has 0 spiro atoms. The average Bonchev–Trinajstić information content (AvgIpc) is 1.72. The maximum Gasteiger partial charge on any atom is 0.100 e. The summed E-state index contributed by atoms with van der Waals surface area (Å²) < 4.78 is 0. The second-order valence-corrected chi connectivity index (χ2v) is 0.944. The third-order valence-electron chi connectivity index (χ3n) is 0.510. The van der Waals surface area contributed by atoms with Crippen molar-refractivity contribution in [1.82, 2.24) is 5.48 Å². The van der Waals surface area contributed by atoms with Gasteiger partial charge in [0.05, 0.1) is 6.20 Å². The van der Waals surface area contributed by atoms with Crippen LogP contribution in [0.25, 0.3) is 0 Å². The zero-order chi connectivity index (χ0) is 4.24. The van der Waals surface area contributed by atoms with Crippen LogP contribution in [0.5, 0.6) is 0 Å². The second kappa shape index (κ2) is 1.65. The van der Waals surface area contributed by atoms with Gasteiger partial charge in [-0.2, -0.15) is 0 Å². The Balaban J connectivity index is 2.53. The molecule has 2 heteroatoms. The van der Waals surface area contributed by atoms with Gasteiger partial charge in [0.15, 0.2) is 0 Å². The molecule has 0 amide bonds. The monoisotopic (exact) mass is 83.0 g/mol. The molecule has 0 aromatic rings. The van der Waals surface area contributed by atoms with Crippen LogP contribution in [0.4, 0.5) is 0 Å². The SMILES string of the molecule is C1=CCONC=1. The molecule has 32 valence electrons. The van der Waals surface area contributed by atoms with E-state index in [4.69, 9.17) is 0 Å². The molecule has 1 aliphatic rings. The van der Waals surface area contributed by atoms with E-state index in [1.165, 1.54) is 0 Å². The van der Waals surface area contributed by atoms with Gasteiger partial charge >= 0.3 is 0 Å². The molecule has 0 aromatic carbocycles. The van der Waals surface area contributed by atoms with E-state index in [-0.39, 0.29) is 0 Å². The van der Waals surface area contributed by atoms with Gasteiger partial charge < -0.3 is 0 Å². The van der Waals surface area contributed by atoms with Crippen LogP contribution in [0.15, 0.2) is 18.0 Å². The summed E-state index contributed by atoms with van der Waals surface area (Å²) in [6.07, 6.45) is 3.42. The fraction of sp³-hybridized carbons (Fsp3) is 0.250. The molecule has 1 rings (SSSR count). The Hall–Kier alpha value is -0.720. The average molecular weight is 83.1 g/mol. The molecule has 0 atom stereocenters. The summed E-state index contributed by atoms with van der Waals surface area (Å²) in [6, 6.07) is 0. The molecule has 1 aliphatic heterocycles. The molecule has 0 unspecified atom stereocenters. The van der Waals surface area contributed by atoms with Gasteiger partial charge in [0, 0.05) is 0 Å². The summed E-state index contributed by atoms with van der Waals surface area (Å²) >= 11 is 0. The molecule has 0 saturated carbocycles. The quantitative estimate of drug-likeness (QED) is 0.422. The molecule has 0 saturated heterocycles. The van der Waals surface area contributed by atoms with E-state index in [9.17, 15) is 0 Å². The highest BCUT2D eigenvalue weighted by Crippen LogP contribution is 1.74. The topological polar surface area (TPSA) is 21.3 Å². The molecular formula is C4H5NO. The number of hydrogen-bond acceptors (Lipinski definition) is 2. The van der Waals surface area contributed by atoms with Crippen LogP contribution in [0.3, 0.4) is 0 Å². The van der Waals surface area contributed by atoms with E-state index in [0.29, 0.717) is 6.61 Å². The van der Waals surface area contributed by atoms with Gasteiger partial charge in [-0.15, -0.1) is 5.73 Å². The smallest absolute Gasteiger partial charge is 0.100 e. The normalized spacial score (nSPS) is 17.3. The molecule has 0 bridgehead atoms. The molecule has 6 heavy (non-hydrogen) atoms. The van der Waals surface area contributed by atoms with Crippen LogP contribution in [0.1, 0.15) is 0 Å². The van der Waals surface area contributed by atoms with Crippen LogP contribution in [0.2, 0.25) is 0 Å². The van der Waals surface area contributed by atoms with Gasteiger partial charge in [-0.05, 0) is 6.08 Å². The van der Waals surface area contributed by atoms with Gasteiger partial charge in [-0.3, -0.25) is 10.3 Å². The van der Waals surface area contributed by atoms with Gasteiger partial charge in [0.2, 0.25) is 0 Å². The predicted octanol–water partition coefficient (Wildman–Crippen LogP) is 0.190. The van der Waals surface area contributed by atoms with Crippen molar-refractivity contribution in [3.05, 3.63) is 18.0 Å². The van der Waals surface area contributed by atoms with Crippen molar-refractivity contribution in [2.75, 3.05) is 6.61 Å². The highest BCUT2D eigenvalue weighted by atomic mass is 16.6. The van der Waals surface area contributed by atoms with E-state index in [1.807, 2.05) is 0 Å². The van der Waals surface area contributed by atoms with E-state index in [0.717, 1.165) is 0 Å². The maximum atomic E-state index is 4.65. The van der Waals surface area contributed by atoms with Gasteiger partial charge in [0.25, 0.3) is 0 Å². The summed E-state index contributed by atoms with van der Waals surface area (Å²) in [4.78, 5) is 4.65. The van der Waals surface area contributed by atoms with Crippen molar-refractivity contribution >= 4 is 0 Å². The summed E-state index contributed by atoms with van der Waals surface area (Å²) in [5, 5.41) is 0. The molecule has 0 fully saturated rings. The summed E-state index contributed by atoms with van der Waals surface area (Å²) in [7, 11) is 0. The highest BCUT2D eigenvalue weighted by Gasteiger charge is 1.76. The lowest BCUT2D eigenvalue weighted by atomic mass is 10.6. The molecular weight excluding hydrogens is 78.0 g/mol. The minimum atomic E-state index is 0.622. The van der Waals surface area contributed by atoms with E-state index < -0.39 is 0 Å². The summed E-state index contributed by atoms with van der Waals surface area (Å²) in [6.45, 7) is 0.622. The van der Waals surface area contributed by atoms with Crippen LogP contribution in [-0.2, 0) is 4.84 Å². The van der Waals surface area contributed by atoms with E-state index in [1.54, 1.807) is 12.3 Å². The van der Waals surface area contributed by atoms with Crippen LogP contribution in [0, 0.1) is 0 Å². The van der Waals surface area contributed by atoms with Crippen molar-refractivity contribution in [2.24, 2.45) is 0 Å². The Morgan fingerprint density at radius 2 is 2.83 bits per heavy atom. The molecule has 1 heterocycles. The first kappa shape index (κ1) is 3.47. The van der Waals surface area contributed by atoms with Gasteiger partial charge in [0.1, 0.15) is 6.61 Å². The lowest BCUT2D eigenvalue weighted by Gasteiger charge is -1.97. The zero-order valence-corrected chi connectivity index (χ0v) is 3.27. The lowest BCUT2D eigenvalue weighted by Crippen LogP contribution is -2.07. The third kappa shape index (κ3) is 0.612. The Morgan fingerprint density at radius 1 is 1.83 bits per heavy atom. The predicted molar refractivity (Wildman–Crippen MR) is 21.7 cm³/mol. The van der Waals surface area contributed by atoms with E-state index in [2.05, 4.69) is 16.0 Å². The minimum absolute atomic E-state index is 0.622. The first-order chi connectivity index (χ1) is 3.00. The number of hydrogen-bond donors (Lipinski definition) is 1. The first-order valence-corrected chi connectivity index (χ1v) is 1.77. The number of nitrogens with one attached hydrogen (secondary N) is 1. The van der Waals surface area contributed by atoms with Crippen molar-refractivity contribution < 1.29 is 4.84 Å². The van der Waals surface area contributed by atoms with E-state index >= 15 is 0 Å². The largest absolute Gasteiger partial charge is 0.271 e. The summed E-state index contributed by atoms with van der Waals surface area (Å²) in [5.74, 6) is 0. The Labute approximate surface area is 36.1 Å². The van der Waals surface area contributed by atoms with Crippen molar-refractivity contribution in [3.8, 4) is 0 Å². The van der Waals surface area contributed by atoms with Gasteiger partial charge in [-0.25, -0.2) is 0 Å². The Morgan fingerprint density at radius 3 is 3.00 bits per heavy atom. The molecule has 0 aromatic heterocycles. The van der Waals surface area contributed by atoms with Gasteiger partial charge in [-0.1, -0.05) is 0 Å². The molecule has 2 nitrogen and oxygen atoms in total. The third-order valence-corrected chi connectivity index (χ3v) is 0.510. The number of rotatable bonds is 0. The summed E-state index contributed by atoms with van der Waals surface area (Å²) in [5.41, 5.74) is 5.32. The van der Waals surface area contributed by atoms with Crippen molar-refractivity contribution in [1.29, 1.82) is 0 Å². The highest BCUT2D eigenvalue weighted by molar-refractivity contribution is 4.83. The molecule has 0 aliphatic carbocycles. The second-order valence-electron chi connectivity index (χ2n) is 0.944. The Kier molecular flexibility index (Phi) is 0.955. The lowest BCUT2D eigenvalue weighted by molar-refractivity contribution is 0.0915. The number of hydroxylamine groups is 1.